The number of hydrogen-bond acceptors (Lipinski definition) is 3. The molecule has 4 heteroatoms. The van der Waals surface area contributed by atoms with E-state index in [-0.39, 0.29) is 18.6 Å². The Hall–Kier alpha value is -0.610. The first-order chi connectivity index (χ1) is 6.63. The molecule has 0 aliphatic rings. The predicted molar refractivity (Wildman–Crippen MR) is 57.1 cm³/mol. The van der Waals surface area contributed by atoms with Crippen molar-refractivity contribution in [1.82, 2.24) is 10.6 Å². The molecule has 0 heterocycles. The van der Waals surface area contributed by atoms with Crippen molar-refractivity contribution in [3.05, 3.63) is 0 Å². The minimum Gasteiger partial charge on any atom is -0.394 e. The molecule has 0 bridgehead atoms. The molecule has 0 saturated carbocycles. The maximum absolute atomic E-state index is 11.3. The highest BCUT2D eigenvalue weighted by molar-refractivity contribution is 5.78. The zero-order chi connectivity index (χ0) is 11.0. The molecule has 0 radical (unpaired) electrons. The molecule has 3 N–H and O–H groups in total. The SMILES string of the molecule is CCC(C)NCC(=O)NC(CC)CO. The van der Waals surface area contributed by atoms with Crippen LogP contribution in [0.5, 0.6) is 0 Å². The summed E-state index contributed by atoms with van der Waals surface area (Å²) in [5.74, 6) is -0.0498. The van der Waals surface area contributed by atoms with Gasteiger partial charge >= 0.3 is 0 Å². The summed E-state index contributed by atoms with van der Waals surface area (Å²) >= 11 is 0. The highest BCUT2D eigenvalue weighted by Crippen LogP contribution is 1.89. The van der Waals surface area contributed by atoms with Crippen molar-refractivity contribution >= 4 is 5.91 Å². The molecule has 0 aromatic rings. The lowest BCUT2D eigenvalue weighted by atomic mass is 10.2. The number of hydrogen-bond donors (Lipinski definition) is 3. The van der Waals surface area contributed by atoms with Crippen molar-refractivity contribution in [3.8, 4) is 0 Å². The van der Waals surface area contributed by atoms with E-state index in [1.807, 2.05) is 13.8 Å². The van der Waals surface area contributed by atoms with Crippen molar-refractivity contribution in [2.45, 2.75) is 45.7 Å². The molecule has 2 unspecified atom stereocenters. The van der Waals surface area contributed by atoms with Crippen LogP contribution in [0.15, 0.2) is 0 Å². The third-order valence-corrected chi connectivity index (χ3v) is 2.30. The van der Waals surface area contributed by atoms with E-state index in [0.717, 1.165) is 12.8 Å². The molecule has 4 nitrogen and oxygen atoms in total. The molecule has 1 amide bonds. The van der Waals surface area contributed by atoms with E-state index in [4.69, 9.17) is 5.11 Å². The number of aliphatic hydroxyl groups is 1. The Kier molecular flexibility index (Phi) is 7.42. The number of carbonyl (C=O) groups is 1. The van der Waals surface area contributed by atoms with Gasteiger partial charge in [0, 0.05) is 6.04 Å². The Labute approximate surface area is 86.1 Å². The number of carbonyl (C=O) groups excluding carboxylic acids is 1. The third-order valence-electron chi connectivity index (χ3n) is 2.30. The van der Waals surface area contributed by atoms with Gasteiger partial charge in [-0.05, 0) is 19.8 Å². The molecule has 0 saturated heterocycles. The van der Waals surface area contributed by atoms with Crippen molar-refractivity contribution in [2.75, 3.05) is 13.2 Å². The first-order valence-electron chi connectivity index (χ1n) is 5.27. The normalized spacial score (nSPS) is 14.9. The maximum atomic E-state index is 11.3. The van der Waals surface area contributed by atoms with Gasteiger partial charge in [0.1, 0.15) is 0 Å². The van der Waals surface area contributed by atoms with Crippen LogP contribution in [-0.2, 0) is 4.79 Å². The second-order valence-electron chi connectivity index (χ2n) is 3.55. The summed E-state index contributed by atoms with van der Waals surface area (Å²) in [6.07, 6.45) is 1.76. The van der Waals surface area contributed by atoms with Crippen LogP contribution in [0.25, 0.3) is 0 Å². The molecule has 0 rings (SSSR count). The van der Waals surface area contributed by atoms with Crippen LogP contribution in [0.2, 0.25) is 0 Å². The molecular weight excluding hydrogens is 180 g/mol. The fraction of sp³-hybridized carbons (Fsp3) is 0.900. The van der Waals surface area contributed by atoms with Crippen LogP contribution in [0, 0.1) is 0 Å². The predicted octanol–water partition coefficient (Wildman–Crippen LogP) is 0.262. The van der Waals surface area contributed by atoms with E-state index in [1.165, 1.54) is 0 Å². The summed E-state index contributed by atoms with van der Waals surface area (Å²) < 4.78 is 0. The molecular formula is C10H22N2O2. The zero-order valence-corrected chi connectivity index (χ0v) is 9.34. The Bertz CT molecular complexity index is 158. The Morgan fingerprint density at radius 2 is 2.00 bits per heavy atom. The summed E-state index contributed by atoms with van der Waals surface area (Å²) in [7, 11) is 0. The minimum absolute atomic E-state index is 0.00553. The largest absolute Gasteiger partial charge is 0.394 e. The summed E-state index contributed by atoms with van der Waals surface area (Å²) in [6, 6.07) is 0.246. The standard InChI is InChI=1S/C10H22N2O2/c1-4-8(3)11-6-10(14)12-9(5-2)7-13/h8-9,11,13H,4-7H2,1-3H3,(H,12,14). The number of amides is 1. The van der Waals surface area contributed by atoms with Crippen LogP contribution in [0.4, 0.5) is 0 Å². The zero-order valence-electron chi connectivity index (χ0n) is 9.34. The van der Waals surface area contributed by atoms with E-state index in [9.17, 15) is 4.79 Å². The van der Waals surface area contributed by atoms with E-state index in [1.54, 1.807) is 0 Å². The van der Waals surface area contributed by atoms with Crippen molar-refractivity contribution in [2.24, 2.45) is 0 Å². The van der Waals surface area contributed by atoms with Crippen molar-refractivity contribution in [1.29, 1.82) is 0 Å². The number of nitrogens with one attached hydrogen (secondary N) is 2. The molecule has 0 aromatic carbocycles. The van der Waals surface area contributed by atoms with Gasteiger partial charge in [0.25, 0.3) is 0 Å². The molecule has 0 spiro atoms. The fourth-order valence-electron chi connectivity index (χ4n) is 0.967. The van der Waals surface area contributed by atoms with Gasteiger partial charge in [0.15, 0.2) is 0 Å². The van der Waals surface area contributed by atoms with Gasteiger partial charge in [-0.3, -0.25) is 4.79 Å². The van der Waals surface area contributed by atoms with Gasteiger partial charge in [0.2, 0.25) is 5.91 Å². The second-order valence-corrected chi connectivity index (χ2v) is 3.55. The molecule has 0 aliphatic carbocycles. The van der Waals surface area contributed by atoms with Crippen LogP contribution in [0.3, 0.4) is 0 Å². The van der Waals surface area contributed by atoms with Crippen LogP contribution < -0.4 is 10.6 Å². The summed E-state index contributed by atoms with van der Waals surface area (Å²) in [6.45, 7) is 6.37. The number of rotatable bonds is 7. The summed E-state index contributed by atoms with van der Waals surface area (Å²) in [5.41, 5.74) is 0. The lowest BCUT2D eigenvalue weighted by Crippen LogP contribution is -2.43. The Balaban J connectivity index is 3.64. The monoisotopic (exact) mass is 202 g/mol. The first kappa shape index (κ1) is 13.4. The van der Waals surface area contributed by atoms with Gasteiger partial charge in [-0.15, -0.1) is 0 Å². The van der Waals surface area contributed by atoms with Gasteiger partial charge in [-0.1, -0.05) is 13.8 Å². The Morgan fingerprint density at radius 1 is 1.36 bits per heavy atom. The molecule has 84 valence electrons. The first-order valence-corrected chi connectivity index (χ1v) is 5.27. The van der Waals surface area contributed by atoms with Gasteiger partial charge in [0.05, 0.1) is 19.2 Å². The average Bonchev–Trinajstić information content (AvgIpc) is 2.22. The second kappa shape index (κ2) is 7.76. The number of aliphatic hydroxyl groups excluding tert-OH is 1. The highest BCUT2D eigenvalue weighted by Gasteiger charge is 2.09. The molecule has 0 aromatic heterocycles. The lowest BCUT2D eigenvalue weighted by Gasteiger charge is -2.15. The van der Waals surface area contributed by atoms with Crippen molar-refractivity contribution < 1.29 is 9.90 Å². The van der Waals surface area contributed by atoms with E-state index < -0.39 is 0 Å². The summed E-state index contributed by atoms with van der Waals surface area (Å²) in [4.78, 5) is 11.3. The van der Waals surface area contributed by atoms with E-state index >= 15 is 0 Å². The minimum atomic E-state index is -0.110. The summed E-state index contributed by atoms with van der Waals surface area (Å²) in [5, 5.41) is 14.7. The molecule has 14 heavy (non-hydrogen) atoms. The third kappa shape index (κ3) is 5.94. The van der Waals surface area contributed by atoms with Gasteiger partial charge in [-0.2, -0.15) is 0 Å². The molecule has 2 atom stereocenters. The van der Waals surface area contributed by atoms with Crippen LogP contribution >= 0.6 is 0 Å². The smallest absolute Gasteiger partial charge is 0.234 e. The lowest BCUT2D eigenvalue weighted by molar-refractivity contribution is -0.121. The van der Waals surface area contributed by atoms with Crippen LogP contribution in [0.1, 0.15) is 33.6 Å². The fourth-order valence-corrected chi connectivity index (χ4v) is 0.967. The quantitative estimate of drug-likeness (QED) is 0.555. The Morgan fingerprint density at radius 3 is 2.43 bits per heavy atom. The van der Waals surface area contributed by atoms with E-state index in [2.05, 4.69) is 17.6 Å². The van der Waals surface area contributed by atoms with Crippen molar-refractivity contribution in [3.63, 3.8) is 0 Å². The average molecular weight is 202 g/mol. The van der Waals surface area contributed by atoms with E-state index in [0.29, 0.717) is 12.6 Å². The topological polar surface area (TPSA) is 61.4 Å². The maximum Gasteiger partial charge on any atom is 0.234 e. The van der Waals surface area contributed by atoms with Crippen LogP contribution in [-0.4, -0.2) is 36.2 Å². The van der Waals surface area contributed by atoms with Gasteiger partial charge < -0.3 is 15.7 Å². The molecule has 0 aliphatic heterocycles. The van der Waals surface area contributed by atoms with Gasteiger partial charge in [-0.25, -0.2) is 0 Å². The molecule has 0 fully saturated rings. The highest BCUT2D eigenvalue weighted by atomic mass is 16.3.